The number of alkyl halides is 3. The average molecular weight is 525 g/mol. The molecule has 1 amide bonds. The molecular weight excluding hydrogens is 497 g/mol. The summed E-state index contributed by atoms with van der Waals surface area (Å²) in [6.07, 6.45) is -1.31. The van der Waals surface area contributed by atoms with Gasteiger partial charge in [0.1, 0.15) is 5.69 Å². The van der Waals surface area contributed by atoms with Crippen molar-refractivity contribution in [2.24, 2.45) is 0 Å². The molecule has 0 atom stereocenters. The third-order valence-electron chi connectivity index (χ3n) is 5.03. The van der Waals surface area contributed by atoms with Crippen molar-refractivity contribution in [2.45, 2.75) is 19.5 Å². The lowest BCUT2D eigenvalue weighted by Crippen LogP contribution is -2.33. The molecule has 0 radical (unpaired) electrons. The molecule has 194 valence electrons. The first-order chi connectivity index (χ1) is 17.2. The van der Waals surface area contributed by atoms with Crippen molar-refractivity contribution < 1.29 is 28.2 Å². The second kappa shape index (κ2) is 12.7. The van der Waals surface area contributed by atoms with Crippen LogP contribution in [0.5, 0.6) is 0 Å². The molecule has 0 aliphatic rings. The Balaban J connectivity index is 1.63. The summed E-state index contributed by atoms with van der Waals surface area (Å²) < 4.78 is 38.8. The minimum absolute atomic E-state index is 0.00257. The van der Waals surface area contributed by atoms with Gasteiger partial charge >= 0.3 is 6.18 Å². The summed E-state index contributed by atoms with van der Waals surface area (Å²) >= 11 is 1.20. The molecule has 0 aliphatic carbocycles. The molecular formula is C23H27F3N6O3S. The molecule has 4 N–H and O–H groups in total. The zero-order valence-corrected chi connectivity index (χ0v) is 20.4. The van der Waals surface area contributed by atoms with Crippen LogP contribution in [-0.4, -0.2) is 75.4 Å². The lowest BCUT2D eigenvalue weighted by atomic mass is 10.1. The first-order valence-electron chi connectivity index (χ1n) is 11.2. The fourth-order valence-electron chi connectivity index (χ4n) is 3.41. The van der Waals surface area contributed by atoms with Crippen molar-refractivity contribution in [3.8, 4) is 10.4 Å². The number of carbonyl (C=O) groups is 1. The molecule has 0 fully saturated rings. The Morgan fingerprint density at radius 1 is 1.11 bits per heavy atom. The number of aryl methyl sites for hydroxylation is 1. The first kappa shape index (κ1) is 27.5. The number of nitrogens with zero attached hydrogens (tertiary/aromatic N) is 4. The molecule has 2 aromatic heterocycles. The third-order valence-corrected chi connectivity index (χ3v) is 6.08. The smallest absolute Gasteiger partial charge is 0.395 e. The monoisotopic (exact) mass is 524 g/mol. The number of benzene rings is 1. The number of aliphatic hydroxyl groups is 2. The summed E-state index contributed by atoms with van der Waals surface area (Å²) in [6.45, 7) is 3.78. The highest BCUT2D eigenvalue weighted by atomic mass is 32.1. The molecule has 2 heterocycles. The molecule has 1 aromatic carbocycles. The van der Waals surface area contributed by atoms with Crippen LogP contribution in [0.4, 0.5) is 24.8 Å². The maximum absolute atomic E-state index is 12.9. The summed E-state index contributed by atoms with van der Waals surface area (Å²) in [4.78, 5) is 26.7. The lowest BCUT2D eigenvalue weighted by molar-refractivity contribution is -0.141. The van der Waals surface area contributed by atoms with Gasteiger partial charge < -0.3 is 20.8 Å². The van der Waals surface area contributed by atoms with E-state index in [4.69, 9.17) is 10.2 Å². The minimum atomic E-state index is -4.57. The molecule has 0 spiro atoms. The van der Waals surface area contributed by atoms with Crippen LogP contribution in [0.25, 0.3) is 10.4 Å². The second-order valence-corrected chi connectivity index (χ2v) is 8.93. The molecule has 0 aliphatic heterocycles. The van der Waals surface area contributed by atoms with Gasteiger partial charge in [0.05, 0.1) is 18.1 Å². The Bertz CT molecular complexity index is 1150. The number of nitrogens with one attached hydrogen (secondary N) is 2. The predicted octanol–water partition coefficient (Wildman–Crippen LogP) is 3.08. The van der Waals surface area contributed by atoms with E-state index in [9.17, 15) is 18.0 Å². The van der Waals surface area contributed by atoms with Crippen LogP contribution in [0.2, 0.25) is 0 Å². The van der Waals surface area contributed by atoms with E-state index in [2.05, 4.69) is 25.6 Å². The highest BCUT2D eigenvalue weighted by Gasteiger charge is 2.32. The van der Waals surface area contributed by atoms with Crippen LogP contribution in [0.3, 0.4) is 0 Å². The number of aromatic nitrogens is 3. The van der Waals surface area contributed by atoms with Gasteiger partial charge in [-0.3, -0.25) is 9.69 Å². The van der Waals surface area contributed by atoms with E-state index in [1.807, 2.05) is 17.9 Å². The summed E-state index contributed by atoms with van der Waals surface area (Å²) in [7, 11) is 0. The second-order valence-electron chi connectivity index (χ2n) is 7.90. The fraction of sp³-hybridized carbons (Fsp3) is 0.391. The van der Waals surface area contributed by atoms with Gasteiger partial charge in [0, 0.05) is 37.7 Å². The molecule has 13 heteroatoms. The standard InChI is InChI=1S/C23H27F3N6O3S/c1-15-11-16(13-17(12-15)30-22-28-5-3-19(31-22)23(24,25)26)18-14-29-21(36-18)20(35)27-4-2-6-32(7-9-33)8-10-34/h3,5,11-14,33-34H,2,4,6-10H2,1H3,(H,27,35)(H,28,30,31). The number of anilines is 2. The van der Waals surface area contributed by atoms with Crippen LogP contribution in [0.15, 0.2) is 36.7 Å². The Hall–Kier alpha value is -3.13. The molecule has 0 saturated heterocycles. The summed E-state index contributed by atoms with van der Waals surface area (Å²) in [5, 5.41) is 24.0. The number of aliphatic hydroxyl groups excluding tert-OH is 2. The van der Waals surface area contributed by atoms with Gasteiger partial charge in [-0.25, -0.2) is 15.0 Å². The van der Waals surface area contributed by atoms with E-state index >= 15 is 0 Å². The van der Waals surface area contributed by atoms with Crippen molar-refractivity contribution in [1.29, 1.82) is 0 Å². The summed E-state index contributed by atoms with van der Waals surface area (Å²) in [6, 6.07) is 6.16. The zero-order valence-electron chi connectivity index (χ0n) is 19.5. The predicted molar refractivity (Wildman–Crippen MR) is 130 cm³/mol. The van der Waals surface area contributed by atoms with Crippen LogP contribution >= 0.6 is 11.3 Å². The number of thiazole rings is 1. The largest absolute Gasteiger partial charge is 0.433 e. The van der Waals surface area contributed by atoms with Gasteiger partial charge in [-0.1, -0.05) is 6.07 Å². The zero-order chi connectivity index (χ0) is 26.1. The van der Waals surface area contributed by atoms with E-state index in [-0.39, 0.29) is 30.1 Å². The van der Waals surface area contributed by atoms with Crippen molar-refractivity contribution in [3.63, 3.8) is 0 Å². The molecule has 0 saturated carbocycles. The summed E-state index contributed by atoms with van der Waals surface area (Å²) in [5.74, 6) is -0.493. The molecule has 9 nitrogen and oxygen atoms in total. The molecule has 3 rings (SSSR count). The van der Waals surface area contributed by atoms with E-state index < -0.39 is 11.9 Å². The molecule has 36 heavy (non-hydrogen) atoms. The normalized spacial score (nSPS) is 11.6. The summed E-state index contributed by atoms with van der Waals surface area (Å²) in [5.41, 5.74) is 1.04. The molecule has 3 aromatic rings. The van der Waals surface area contributed by atoms with Crippen LogP contribution in [-0.2, 0) is 6.18 Å². The number of hydrogen-bond donors (Lipinski definition) is 4. The van der Waals surface area contributed by atoms with Gasteiger partial charge in [0.25, 0.3) is 5.91 Å². The van der Waals surface area contributed by atoms with Gasteiger partial charge in [0.15, 0.2) is 5.01 Å². The van der Waals surface area contributed by atoms with Crippen LogP contribution in [0, 0.1) is 6.92 Å². The van der Waals surface area contributed by atoms with Gasteiger partial charge in [-0.05, 0) is 49.2 Å². The quantitative estimate of drug-likeness (QED) is 0.267. The highest BCUT2D eigenvalue weighted by Crippen LogP contribution is 2.31. The van der Waals surface area contributed by atoms with Crippen molar-refractivity contribution >= 4 is 28.9 Å². The maximum Gasteiger partial charge on any atom is 0.433 e. The third kappa shape index (κ3) is 7.95. The van der Waals surface area contributed by atoms with Crippen LogP contribution < -0.4 is 10.6 Å². The highest BCUT2D eigenvalue weighted by molar-refractivity contribution is 7.17. The average Bonchev–Trinajstić information content (AvgIpc) is 3.32. The Morgan fingerprint density at radius 3 is 2.56 bits per heavy atom. The molecule has 0 unspecified atom stereocenters. The van der Waals surface area contributed by atoms with E-state index in [0.29, 0.717) is 43.2 Å². The number of halogens is 3. The number of hydrogen-bond acceptors (Lipinski definition) is 9. The fourth-order valence-corrected chi connectivity index (χ4v) is 4.23. The number of rotatable bonds is 12. The van der Waals surface area contributed by atoms with E-state index in [1.54, 1.807) is 18.3 Å². The Kier molecular flexibility index (Phi) is 9.70. The van der Waals surface area contributed by atoms with Crippen molar-refractivity contribution in [2.75, 3.05) is 44.7 Å². The van der Waals surface area contributed by atoms with Gasteiger partial charge in [0.2, 0.25) is 5.95 Å². The van der Waals surface area contributed by atoms with Crippen molar-refractivity contribution in [1.82, 2.24) is 25.2 Å². The Morgan fingerprint density at radius 2 is 1.86 bits per heavy atom. The van der Waals surface area contributed by atoms with E-state index in [0.717, 1.165) is 23.4 Å². The van der Waals surface area contributed by atoms with Gasteiger partial charge in [-0.15, -0.1) is 11.3 Å². The minimum Gasteiger partial charge on any atom is -0.395 e. The first-order valence-corrected chi connectivity index (χ1v) is 12.0. The maximum atomic E-state index is 12.9. The van der Waals surface area contributed by atoms with Crippen LogP contribution in [0.1, 0.15) is 27.5 Å². The topological polar surface area (TPSA) is 124 Å². The van der Waals surface area contributed by atoms with E-state index in [1.165, 1.54) is 11.3 Å². The lowest BCUT2D eigenvalue weighted by Gasteiger charge is -2.19. The van der Waals surface area contributed by atoms with Crippen molar-refractivity contribution in [3.05, 3.63) is 52.9 Å². The SMILES string of the molecule is Cc1cc(Nc2nccc(C(F)(F)F)n2)cc(-c2cnc(C(=O)NCCCN(CCO)CCO)s2)c1. The van der Waals surface area contributed by atoms with Gasteiger partial charge in [-0.2, -0.15) is 13.2 Å². The molecule has 0 bridgehead atoms. The number of amides is 1. The Labute approximate surface area is 210 Å². The number of carbonyl (C=O) groups excluding carboxylic acids is 1.